The first-order valence-corrected chi connectivity index (χ1v) is 4.34. The van der Waals surface area contributed by atoms with Crippen molar-refractivity contribution in [3.63, 3.8) is 0 Å². The quantitative estimate of drug-likeness (QED) is 0.832. The van der Waals surface area contributed by atoms with Gasteiger partial charge in [-0.1, -0.05) is 0 Å². The van der Waals surface area contributed by atoms with Crippen LogP contribution < -0.4 is 5.73 Å². The van der Waals surface area contributed by atoms with Gasteiger partial charge in [-0.15, -0.1) is 34.0 Å². The smallest absolute Gasteiger partial charge is 0.0923 e. The van der Waals surface area contributed by atoms with Crippen LogP contribution >= 0.6 is 45.7 Å². The van der Waals surface area contributed by atoms with Crippen molar-refractivity contribution in [3.8, 4) is 0 Å². The summed E-state index contributed by atoms with van der Waals surface area (Å²) in [5, 5.41) is 0. The fourth-order valence-electron chi connectivity index (χ4n) is 0.630. The summed E-state index contributed by atoms with van der Waals surface area (Å²) in [7, 11) is 0. The van der Waals surface area contributed by atoms with Crippen LogP contribution in [0.2, 0.25) is 0 Å². The first-order chi connectivity index (χ1) is 4.93. The minimum atomic E-state index is 0. The summed E-state index contributed by atoms with van der Waals surface area (Å²) in [6.45, 7) is 0.745. The largest absolute Gasteiger partial charge is 0.351 e. The van der Waals surface area contributed by atoms with Crippen LogP contribution in [0.15, 0.2) is 12.5 Å². The Balaban J connectivity index is 0. The maximum absolute atomic E-state index is 5.32. The molecule has 6 heteroatoms. The summed E-state index contributed by atoms with van der Waals surface area (Å²) in [5.41, 5.74) is 6.41. The second-order valence-corrected chi connectivity index (χ2v) is 3.01. The van der Waals surface area contributed by atoms with Crippen LogP contribution in [0.4, 0.5) is 0 Å². The van der Waals surface area contributed by atoms with Gasteiger partial charge in [0.05, 0.1) is 12.0 Å². The van der Waals surface area contributed by atoms with E-state index in [2.05, 4.69) is 9.97 Å². The van der Waals surface area contributed by atoms with E-state index in [9.17, 15) is 0 Å². The van der Waals surface area contributed by atoms with Gasteiger partial charge in [-0.05, 0) is 0 Å². The monoisotopic (exact) mass is 317 g/mol. The maximum atomic E-state index is 5.32. The number of rotatable bonds is 4. The van der Waals surface area contributed by atoms with Crippen LogP contribution in [-0.4, -0.2) is 22.3 Å². The lowest BCUT2D eigenvalue weighted by molar-refractivity contribution is 1.14. The fourth-order valence-corrected chi connectivity index (χ4v) is 1.31. The Morgan fingerprint density at radius 2 is 2.25 bits per heavy atom. The molecule has 3 nitrogen and oxygen atoms in total. The molecule has 72 valence electrons. The van der Waals surface area contributed by atoms with Gasteiger partial charge in [-0.25, -0.2) is 4.98 Å². The molecule has 0 amide bonds. The van der Waals surface area contributed by atoms with E-state index in [4.69, 9.17) is 5.73 Å². The average molecular weight is 319 g/mol. The zero-order chi connectivity index (χ0) is 7.23. The van der Waals surface area contributed by atoms with E-state index in [1.54, 1.807) is 18.1 Å². The lowest BCUT2D eigenvalue weighted by Crippen LogP contribution is -2.01. The van der Waals surface area contributed by atoms with Gasteiger partial charge in [0.2, 0.25) is 0 Å². The van der Waals surface area contributed by atoms with Crippen molar-refractivity contribution in [1.29, 1.82) is 0 Å². The van der Waals surface area contributed by atoms with E-state index in [0.717, 1.165) is 23.7 Å². The van der Waals surface area contributed by atoms with Gasteiger partial charge in [0.1, 0.15) is 0 Å². The summed E-state index contributed by atoms with van der Waals surface area (Å²) in [6, 6.07) is 0. The maximum Gasteiger partial charge on any atom is 0.0923 e. The molecule has 3 N–H and O–H groups in total. The van der Waals surface area contributed by atoms with Gasteiger partial charge in [-0.3, -0.25) is 0 Å². The van der Waals surface area contributed by atoms with Crippen LogP contribution in [0.5, 0.6) is 0 Å². The van der Waals surface area contributed by atoms with E-state index in [0.29, 0.717) is 0 Å². The standard InChI is InChI=1S/C6H11N3S.2BrH/c7-1-2-10-4-6-3-8-5-9-6;;/h3,5H,1-2,4,7H2,(H,8,9);2*1H. The SMILES string of the molecule is Br.Br.NCCSCc1c[nH]cn1. The highest BCUT2D eigenvalue weighted by atomic mass is 79.9. The van der Waals surface area contributed by atoms with E-state index < -0.39 is 0 Å². The highest BCUT2D eigenvalue weighted by Crippen LogP contribution is 2.06. The third kappa shape index (κ3) is 6.05. The molecule has 0 aliphatic heterocycles. The first kappa shape index (κ1) is 15.0. The predicted octanol–water partition coefficient (Wildman–Crippen LogP) is 1.76. The molecule has 0 radical (unpaired) electrons. The molecule has 1 heterocycles. The Morgan fingerprint density at radius 1 is 1.50 bits per heavy atom. The summed E-state index contributed by atoms with van der Waals surface area (Å²) >= 11 is 1.80. The number of nitrogens with one attached hydrogen (secondary N) is 1. The van der Waals surface area contributed by atoms with Crippen LogP contribution in [0.1, 0.15) is 5.69 Å². The molecule has 0 atom stereocenters. The number of thioether (sulfide) groups is 1. The molecule has 0 aliphatic carbocycles. The van der Waals surface area contributed by atoms with E-state index in [1.165, 1.54) is 0 Å². The molecule has 0 bridgehead atoms. The number of halogens is 2. The minimum absolute atomic E-state index is 0. The number of nitrogens with two attached hydrogens (primary N) is 1. The molecule has 12 heavy (non-hydrogen) atoms. The van der Waals surface area contributed by atoms with E-state index >= 15 is 0 Å². The molecule has 1 aromatic rings. The van der Waals surface area contributed by atoms with Crippen molar-refractivity contribution < 1.29 is 0 Å². The minimum Gasteiger partial charge on any atom is -0.351 e. The van der Waals surface area contributed by atoms with E-state index in [1.807, 2.05) is 6.20 Å². The zero-order valence-electron chi connectivity index (χ0n) is 6.53. The molecule has 1 aromatic heterocycles. The third-order valence-electron chi connectivity index (χ3n) is 1.07. The van der Waals surface area contributed by atoms with Gasteiger partial charge in [-0.2, -0.15) is 11.8 Å². The highest BCUT2D eigenvalue weighted by Gasteiger charge is 1.92. The average Bonchev–Trinajstić information content (AvgIpc) is 2.41. The van der Waals surface area contributed by atoms with Crippen LogP contribution in [0.3, 0.4) is 0 Å². The second-order valence-electron chi connectivity index (χ2n) is 1.90. The van der Waals surface area contributed by atoms with Crippen molar-refractivity contribution in [1.82, 2.24) is 9.97 Å². The van der Waals surface area contributed by atoms with Gasteiger partial charge < -0.3 is 10.7 Å². The summed E-state index contributed by atoms with van der Waals surface area (Å²) in [5.74, 6) is 1.97. The first-order valence-electron chi connectivity index (χ1n) is 3.19. The molecule has 0 saturated heterocycles. The number of imidazole rings is 1. The molecule has 0 aliphatic rings. The van der Waals surface area contributed by atoms with Gasteiger partial charge in [0.15, 0.2) is 0 Å². The third-order valence-corrected chi connectivity index (χ3v) is 2.09. The summed E-state index contributed by atoms with van der Waals surface area (Å²) in [4.78, 5) is 6.97. The second kappa shape index (κ2) is 9.57. The number of H-pyrrole nitrogens is 1. The Kier molecular flexibility index (Phi) is 11.9. The highest BCUT2D eigenvalue weighted by molar-refractivity contribution is 8.93. The predicted molar refractivity (Wildman–Crippen MR) is 64.4 cm³/mol. The van der Waals surface area contributed by atoms with Gasteiger partial charge in [0, 0.05) is 24.2 Å². The summed E-state index contributed by atoms with van der Waals surface area (Å²) < 4.78 is 0. The number of hydrogen-bond donors (Lipinski definition) is 2. The van der Waals surface area contributed by atoms with Crippen molar-refractivity contribution in [2.75, 3.05) is 12.3 Å². The lowest BCUT2D eigenvalue weighted by atomic mass is 10.6. The van der Waals surface area contributed by atoms with Crippen molar-refractivity contribution >= 4 is 45.7 Å². The van der Waals surface area contributed by atoms with Crippen molar-refractivity contribution in [3.05, 3.63) is 18.2 Å². The number of hydrogen-bond acceptors (Lipinski definition) is 3. The van der Waals surface area contributed by atoms with Crippen LogP contribution in [0.25, 0.3) is 0 Å². The van der Waals surface area contributed by atoms with Crippen LogP contribution in [-0.2, 0) is 5.75 Å². The Hall–Kier alpha value is 0.480. The molecular formula is C6H13Br2N3S. The normalized spacial score (nSPS) is 8.42. The lowest BCUT2D eigenvalue weighted by Gasteiger charge is -1.93. The van der Waals surface area contributed by atoms with Gasteiger partial charge >= 0.3 is 0 Å². The fraction of sp³-hybridized carbons (Fsp3) is 0.500. The molecular weight excluding hydrogens is 306 g/mol. The molecule has 0 spiro atoms. The number of aromatic amines is 1. The molecule has 0 unspecified atom stereocenters. The molecule has 0 aromatic carbocycles. The Morgan fingerprint density at radius 3 is 2.75 bits per heavy atom. The summed E-state index contributed by atoms with van der Waals surface area (Å²) in [6.07, 6.45) is 3.60. The number of nitrogens with zero attached hydrogens (tertiary/aromatic N) is 1. The van der Waals surface area contributed by atoms with Crippen molar-refractivity contribution in [2.45, 2.75) is 5.75 Å². The topological polar surface area (TPSA) is 54.7 Å². The van der Waals surface area contributed by atoms with E-state index in [-0.39, 0.29) is 34.0 Å². The molecule has 0 saturated carbocycles. The van der Waals surface area contributed by atoms with Crippen molar-refractivity contribution in [2.24, 2.45) is 5.73 Å². The zero-order valence-corrected chi connectivity index (χ0v) is 10.8. The Bertz CT molecular complexity index is 169. The molecule has 0 fully saturated rings. The van der Waals surface area contributed by atoms with Gasteiger partial charge in [0.25, 0.3) is 0 Å². The van der Waals surface area contributed by atoms with Crippen LogP contribution in [0, 0.1) is 0 Å². The Labute approximate surface area is 97.4 Å². The molecule has 1 rings (SSSR count). The number of aromatic nitrogens is 2.